The Morgan fingerprint density at radius 2 is 1.54 bits per heavy atom. The Bertz CT molecular complexity index is 1460. The van der Waals surface area contributed by atoms with Gasteiger partial charge in [-0.2, -0.15) is 0 Å². The zero-order valence-electron chi connectivity index (χ0n) is 30.1. The van der Waals surface area contributed by atoms with E-state index in [0.717, 1.165) is 36.2 Å². The average Bonchev–Trinajstić information content (AvgIpc) is 3.61. The first-order valence-electron chi connectivity index (χ1n) is 17.2. The van der Waals surface area contributed by atoms with Gasteiger partial charge in [0.1, 0.15) is 12.4 Å². The molecule has 1 fully saturated rings. The van der Waals surface area contributed by atoms with Gasteiger partial charge in [-0.15, -0.1) is 11.3 Å². The number of carbonyl (C=O) groups is 4. The Labute approximate surface area is 301 Å². The Balaban J connectivity index is 0.000000978. The lowest BCUT2D eigenvalue weighted by atomic mass is 10.1. The number of piperidine rings is 1. The number of hydrogen-bond acceptors (Lipinski definition) is 8. The number of hydrogen-bond donors (Lipinski definition) is 2. The third-order valence-electron chi connectivity index (χ3n) is 7.84. The number of carbonyl (C=O) groups excluding carboxylic acids is 4. The lowest BCUT2D eigenvalue weighted by molar-refractivity contribution is -0.130. The molecular formula is C39H53N5O5S. The van der Waals surface area contributed by atoms with E-state index in [1.165, 1.54) is 11.3 Å². The average molecular weight is 704 g/mol. The summed E-state index contributed by atoms with van der Waals surface area (Å²) in [6.45, 7) is 10.8. The van der Waals surface area contributed by atoms with Crippen LogP contribution in [0.3, 0.4) is 0 Å². The Morgan fingerprint density at radius 3 is 2.14 bits per heavy atom. The predicted molar refractivity (Wildman–Crippen MR) is 205 cm³/mol. The monoisotopic (exact) mass is 703 g/mol. The second-order valence-electron chi connectivity index (χ2n) is 11.6. The van der Waals surface area contributed by atoms with Crippen LogP contribution in [0.5, 0.6) is 0 Å². The maximum atomic E-state index is 12.6. The number of thiazole rings is 1. The fourth-order valence-corrected chi connectivity index (χ4v) is 5.48. The van der Waals surface area contributed by atoms with E-state index in [0.29, 0.717) is 62.3 Å². The third-order valence-corrected chi connectivity index (χ3v) is 8.72. The van der Waals surface area contributed by atoms with Gasteiger partial charge in [0, 0.05) is 57.3 Å². The minimum Gasteiger partial charge on any atom is -0.446 e. The summed E-state index contributed by atoms with van der Waals surface area (Å²) in [5, 5.41) is 5.60. The number of likely N-dealkylation sites (tertiary alicyclic amines) is 1. The zero-order valence-corrected chi connectivity index (χ0v) is 30.9. The van der Waals surface area contributed by atoms with Gasteiger partial charge < -0.3 is 19.9 Å². The second-order valence-corrected chi connectivity index (χ2v) is 12.5. The van der Waals surface area contributed by atoms with Crippen molar-refractivity contribution in [1.82, 2.24) is 14.8 Å². The van der Waals surface area contributed by atoms with E-state index >= 15 is 0 Å². The number of benzene rings is 2. The third kappa shape index (κ3) is 16.2. The minimum atomic E-state index is -0.501. The number of aromatic nitrogens is 1. The number of aldehydes is 1. The molecule has 3 amide bonds. The van der Waals surface area contributed by atoms with Gasteiger partial charge in [-0.25, -0.2) is 9.78 Å². The van der Waals surface area contributed by atoms with Gasteiger partial charge >= 0.3 is 6.09 Å². The summed E-state index contributed by atoms with van der Waals surface area (Å²) in [5.74, 6) is 0.486. The van der Waals surface area contributed by atoms with Crippen molar-refractivity contribution in [2.45, 2.75) is 72.3 Å². The molecule has 0 atom stereocenters. The van der Waals surface area contributed by atoms with Crippen molar-refractivity contribution >= 4 is 47.0 Å². The van der Waals surface area contributed by atoms with Crippen LogP contribution in [0.4, 0.5) is 16.3 Å². The summed E-state index contributed by atoms with van der Waals surface area (Å²) in [7, 11) is 1.79. The van der Waals surface area contributed by atoms with E-state index in [1.54, 1.807) is 41.7 Å². The van der Waals surface area contributed by atoms with Crippen molar-refractivity contribution in [1.29, 1.82) is 0 Å². The number of anilines is 2. The van der Waals surface area contributed by atoms with Crippen molar-refractivity contribution in [3.8, 4) is 10.4 Å². The molecule has 1 aromatic heterocycles. The van der Waals surface area contributed by atoms with Crippen LogP contribution in [0, 0.1) is 0 Å². The van der Waals surface area contributed by atoms with E-state index in [1.807, 2.05) is 82.3 Å². The molecule has 0 saturated carbocycles. The quantitative estimate of drug-likeness (QED) is 0.104. The van der Waals surface area contributed by atoms with Crippen LogP contribution in [0.2, 0.25) is 0 Å². The molecule has 10 nitrogen and oxygen atoms in total. The van der Waals surface area contributed by atoms with Crippen LogP contribution in [-0.4, -0.2) is 78.3 Å². The molecule has 1 aliphatic rings. The van der Waals surface area contributed by atoms with E-state index in [4.69, 9.17) is 4.74 Å². The Hall–Kier alpha value is -4.61. The van der Waals surface area contributed by atoms with Gasteiger partial charge in [0.05, 0.1) is 10.4 Å². The lowest BCUT2D eigenvalue weighted by Gasteiger charge is -2.31. The maximum Gasteiger partial charge on any atom is 0.413 e. The van der Waals surface area contributed by atoms with Crippen molar-refractivity contribution in [3.05, 3.63) is 90.0 Å². The highest BCUT2D eigenvalue weighted by atomic mass is 32.1. The van der Waals surface area contributed by atoms with Crippen molar-refractivity contribution in [2.24, 2.45) is 0 Å². The molecule has 0 spiro atoms. The minimum absolute atomic E-state index is 0.0740. The Kier molecular flexibility index (Phi) is 20.4. The highest BCUT2D eigenvalue weighted by Gasteiger charge is 2.24. The van der Waals surface area contributed by atoms with Crippen LogP contribution >= 0.6 is 11.3 Å². The molecule has 2 N–H and O–H groups in total. The normalized spacial score (nSPS) is 13.1. The molecular weight excluding hydrogens is 651 g/mol. The van der Waals surface area contributed by atoms with Gasteiger partial charge in [0.15, 0.2) is 5.82 Å². The highest BCUT2D eigenvalue weighted by molar-refractivity contribution is 7.13. The summed E-state index contributed by atoms with van der Waals surface area (Å²) in [6.07, 6.45) is 11.7. The molecule has 3 aromatic rings. The van der Waals surface area contributed by atoms with Crippen LogP contribution in [0.15, 0.2) is 84.4 Å². The molecule has 1 aliphatic heterocycles. The van der Waals surface area contributed by atoms with E-state index in [9.17, 15) is 19.2 Å². The largest absolute Gasteiger partial charge is 0.446 e. The van der Waals surface area contributed by atoms with Gasteiger partial charge in [-0.05, 0) is 83.2 Å². The predicted octanol–water partition coefficient (Wildman–Crippen LogP) is 8.46. The molecule has 2 heterocycles. The first kappa shape index (κ1) is 41.6. The fourth-order valence-electron chi connectivity index (χ4n) is 4.73. The molecule has 270 valence electrons. The van der Waals surface area contributed by atoms with Gasteiger partial charge in [-0.3, -0.25) is 19.7 Å². The summed E-state index contributed by atoms with van der Waals surface area (Å²) < 4.78 is 5.65. The smallest absolute Gasteiger partial charge is 0.413 e. The first-order valence-corrected chi connectivity index (χ1v) is 18.0. The summed E-state index contributed by atoms with van der Waals surface area (Å²) in [5.41, 5.74) is 3.91. The van der Waals surface area contributed by atoms with Crippen molar-refractivity contribution in [2.75, 3.05) is 43.9 Å². The number of allylic oxidation sites excluding steroid dienone is 4. The molecule has 4 rings (SSSR count). The molecule has 50 heavy (non-hydrogen) atoms. The number of nitrogens with one attached hydrogen (secondary N) is 2. The lowest BCUT2D eigenvalue weighted by Crippen LogP contribution is -2.40. The topological polar surface area (TPSA) is 121 Å². The van der Waals surface area contributed by atoms with Crippen LogP contribution < -0.4 is 10.6 Å². The zero-order chi connectivity index (χ0) is 36.6. The van der Waals surface area contributed by atoms with Crippen LogP contribution in [0.1, 0.15) is 76.6 Å². The fraction of sp³-hybridized carbons (Fsp3) is 0.410. The molecule has 0 bridgehead atoms. The van der Waals surface area contributed by atoms with E-state index in [2.05, 4.69) is 20.5 Å². The molecule has 0 radical (unpaired) electrons. The summed E-state index contributed by atoms with van der Waals surface area (Å²) in [4.78, 5) is 57.1. The first-order chi connectivity index (χ1) is 24.2. The van der Waals surface area contributed by atoms with Gasteiger partial charge in [0.25, 0.3) is 0 Å². The number of amides is 3. The van der Waals surface area contributed by atoms with Crippen molar-refractivity contribution < 1.29 is 23.9 Å². The molecule has 0 aliphatic carbocycles. The molecule has 0 unspecified atom stereocenters. The summed E-state index contributed by atoms with van der Waals surface area (Å²) >= 11 is 1.46. The number of rotatable bonds is 13. The number of unbranched alkanes of at least 4 members (excludes halogenated alkanes) is 1. The molecule has 2 aromatic carbocycles. The van der Waals surface area contributed by atoms with E-state index < -0.39 is 6.09 Å². The van der Waals surface area contributed by atoms with Gasteiger partial charge in [0.2, 0.25) is 11.8 Å². The second kappa shape index (κ2) is 24.5. The van der Waals surface area contributed by atoms with Crippen LogP contribution in [-0.2, 0) is 14.3 Å². The highest BCUT2D eigenvalue weighted by Crippen LogP contribution is 2.31. The maximum absolute atomic E-state index is 12.6. The molecule has 11 heteroatoms. The Morgan fingerprint density at radius 1 is 0.900 bits per heavy atom. The number of nitrogens with zero attached hydrogens (tertiary/aromatic N) is 3. The van der Waals surface area contributed by atoms with Crippen molar-refractivity contribution in [3.63, 3.8) is 0 Å². The SMILES string of the molecule is C/C=C\C.C/C=C\C.CN(CCCCC(=O)Nc1ccc(C=O)cc1)C(=O)CCN1CCC(OC(=O)Nc2ncsc2-c2ccccc2)CC1. The number of ether oxygens (including phenoxy) is 1. The summed E-state index contributed by atoms with van der Waals surface area (Å²) in [6, 6.07) is 16.5. The standard InChI is InChI=1S/C31H37N5O5S.2C4H8/c1-35(17-6-5-9-27(38)33-25-12-10-23(21-37)11-13-25)28(39)16-20-36-18-14-26(15-19-36)41-31(40)34-30-29(42-22-32-30)24-7-3-2-4-8-24;2*1-3-4-2/h2-4,7-8,10-13,21-22,26H,5-6,9,14-20H2,1H3,(H,33,38)(H,34,40);2*3-4H,1-2H3/b;2*4-3-. The van der Waals surface area contributed by atoms with E-state index in [-0.39, 0.29) is 17.9 Å². The molecule has 1 saturated heterocycles. The van der Waals surface area contributed by atoms with Gasteiger partial charge in [-0.1, -0.05) is 54.6 Å². The van der Waals surface area contributed by atoms with Crippen LogP contribution in [0.25, 0.3) is 10.4 Å².